The van der Waals surface area contributed by atoms with Crippen molar-refractivity contribution < 1.29 is 19.0 Å². The highest BCUT2D eigenvalue weighted by Crippen LogP contribution is 2.28. The maximum atomic E-state index is 12.4. The molecule has 146 valence electrons. The lowest BCUT2D eigenvalue weighted by Gasteiger charge is -2.07. The van der Waals surface area contributed by atoms with Gasteiger partial charge in [0.1, 0.15) is 0 Å². The van der Waals surface area contributed by atoms with Crippen LogP contribution in [-0.2, 0) is 16.1 Å². The van der Waals surface area contributed by atoms with Crippen LogP contribution in [0.3, 0.4) is 0 Å². The first-order chi connectivity index (χ1) is 13.7. The minimum atomic E-state index is -0.326. The molecule has 2 aromatic carbocycles. The van der Waals surface area contributed by atoms with Gasteiger partial charge >= 0.3 is 0 Å². The molecule has 1 heterocycles. The van der Waals surface area contributed by atoms with Crippen molar-refractivity contribution in [3.05, 3.63) is 58.9 Å². The van der Waals surface area contributed by atoms with Crippen molar-refractivity contribution in [3.8, 4) is 11.5 Å². The summed E-state index contributed by atoms with van der Waals surface area (Å²) in [7, 11) is 4.81. The molecule has 0 bridgehead atoms. The van der Waals surface area contributed by atoms with Crippen LogP contribution in [0.25, 0.3) is 16.3 Å². The average molecular weight is 398 g/mol. The number of nitrogens with zero attached hydrogens (tertiary/aromatic N) is 2. The Balaban J connectivity index is 1.89. The topological polar surface area (TPSA) is 62.1 Å². The number of ether oxygens (including phenoxy) is 3. The lowest BCUT2D eigenvalue weighted by atomic mass is 10.2. The van der Waals surface area contributed by atoms with Crippen LogP contribution in [0.1, 0.15) is 5.56 Å². The largest absolute Gasteiger partial charge is 0.493 e. The first-order valence-corrected chi connectivity index (χ1v) is 9.54. The summed E-state index contributed by atoms with van der Waals surface area (Å²) in [6.45, 7) is 1.18. The van der Waals surface area contributed by atoms with Crippen LogP contribution in [0, 0.1) is 0 Å². The SMILES string of the molecule is COCCn1c(=NC(=O)C=Cc2ccc(OC)c(OC)c2)sc2ccccc21. The number of hydrogen-bond donors (Lipinski definition) is 0. The van der Waals surface area contributed by atoms with Crippen LogP contribution >= 0.6 is 11.3 Å². The normalized spacial score (nSPS) is 12.0. The molecule has 0 atom stereocenters. The van der Waals surface area contributed by atoms with Crippen molar-refractivity contribution in [2.45, 2.75) is 6.54 Å². The molecule has 1 aromatic heterocycles. The number of carbonyl (C=O) groups is 1. The number of rotatable bonds is 7. The highest BCUT2D eigenvalue weighted by Gasteiger charge is 2.07. The Morgan fingerprint density at radius 1 is 1.11 bits per heavy atom. The van der Waals surface area contributed by atoms with E-state index in [1.165, 1.54) is 17.4 Å². The van der Waals surface area contributed by atoms with Crippen LogP contribution in [0.4, 0.5) is 0 Å². The van der Waals surface area contributed by atoms with Gasteiger partial charge in [0.15, 0.2) is 16.3 Å². The fourth-order valence-corrected chi connectivity index (χ4v) is 3.82. The third-order valence-electron chi connectivity index (χ3n) is 4.14. The number of amides is 1. The predicted molar refractivity (Wildman–Crippen MR) is 111 cm³/mol. The second-order valence-corrected chi connectivity index (χ2v) is 6.90. The van der Waals surface area contributed by atoms with Gasteiger partial charge in [-0.3, -0.25) is 4.79 Å². The van der Waals surface area contributed by atoms with Crippen molar-refractivity contribution >= 4 is 33.5 Å². The maximum absolute atomic E-state index is 12.4. The second kappa shape index (κ2) is 9.34. The quantitative estimate of drug-likeness (QED) is 0.572. The molecule has 0 radical (unpaired) electrons. The van der Waals surface area contributed by atoms with Gasteiger partial charge in [-0.2, -0.15) is 4.99 Å². The fourth-order valence-electron chi connectivity index (χ4n) is 2.76. The average Bonchev–Trinajstić information content (AvgIpc) is 3.07. The molecule has 3 aromatic rings. The third-order valence-corrected chi connectivity index (χ3v) is 5.20. The number of thiazole rings is 1. The molecule has 0 spiro atoms. The molecule has 0 saturated carbocycles. The van der Waals surface area contributed by atoms with E-state index in [1.54, 1.807) is 39.5 Å². The lowest BCUT2D eigenvalue weighted by molar-refractivity contribution is -0.113. The van der Waals surface area contributed by atoms with Gasteiger partial charge in [-0.25, -0.2) is 0 Å². The van der Waals surface area contributed by atoms with Gasteiger partial charge in [-0.15, -0.1) is 0 Å². The summed E-state index contributed by atoms with van der Waals surface area (Å²) < 4.78 is 18.8. The summed E-state index contributed by atoms with van der Waals surface area (Å²) in [5.41, 5.74) is 1.87. The summed E-state index contributed by atoms with van der Waals surface area (Å²) in [6.07, 6.45) is 3.16. The van der Waals surface area contributed by atoms with Gasteiger partial charge in [0, 0.05) is 19.7 Å². The molecular weight excluding hydrogens is 376 g/mol. The van der Waals surface area contributed by atoms with Crippen LogP contribution in [0.15, 0.2) is 53.5 Å². The van der Waals surface area contributed by atoms with E-state index in [0.29, 0.717) is 29.5 Å². The minimum absolute atomic E-state index is 0.326. The first kappa shape index (κ1) is 19.9. The van der Waals surface area contributed by atoms with E-state index in [2.05, 4.69) is 4.99 Å². The Morgan fingerprint density at radius 2 is 1.89 bits per heavy atom. The Morgan fingerprint density at radius 3 is 2.64 bits per heavy atom. The molecule has 3 rings (SSSR count). The minimum Gasteiger partial charge on any atom is -0.493 e. The van der Waals surface area contributed by atoms with Gasteiger partial charge in [-0.1, -0.05) is 29.5 Å². The highest BCUT2D eigenvalue weighted by atomic mass is 32.1. The van der Waals surface area contributed by atoms with E-state index in [-0.39, 0.29) is 5.91 Å². The Labute approximate surface area is 167 Å². The summed E-state index contributed by atoms with van der Waals surface area (Å²) in [6, 6.07) is 13.4. The molecule has 0 aliphatic heterocycles. The van der Waals surface area contributed by atoms with Crippen molar-refractivity contribution in [1.82, 2.24) is 4.57 Å². The fraction of sp³-hybridized carbons (Fsp3) is 0.238. The summed E-state index contributed by atoms with van der Waals surface area (Å²) in [5.74, 6) is 0.920. The Kier molecular flexibility index (Phi) is 6.62. The molecule has 0 fully saturated rings. The molecule has 28 heavy (non-hydrogen) atoms. The monoisotopic (exact) mass is 398 g/mol. The van der Waals surface area contributed by atoms with Crippen molar-refractivity contribution in [2.75, 3.05) is 27.9 Å². The van der Waals surface area contributed by atoms with Crippen LogP contribution in [-0.4, -0.2) is 38.4 Å². The van der Waals surface area contributed by atoms with Crippen LogP contribution < -0.4 is 14.3 Å². The van der Waals surface area contributed by atoms with Gasteiger partial charge in [0.25, 0.3) is 5.91 Å². The first-order valence-electron chi connectivity index (χ1n) is 8.72. The summed E-state index contributed by atoms with van der Waals surface area (Å²) in [4.78, 5) is 17.4. The zero-order valence-electron chi connectivity index (χ0n) is 16.0. The van der Waals surface area contributed by atoms with Crippen molar-refractivity contribution in [2.24, 2.45) is 4.99 Å². The standard InChI is InChI=1S/C21H22N2O4S/c1-25-13-12-23-16-6-4-5-7-19(16)28-21(23)22-20(24)11-9-15-8-10-17(26-2)18(14-15)27-3/h4-11,14H,12-13H2,1-3H3. The molecule has 1 amide bonds. The second-order valence-electron chi connectivity index (χ2n) is 5.89. The molecule has 7 heteroatoms. The molecular formula is C21H22N2O4S. The molecule has 0 aliphatic rings. The van der Waals surface area contributed by atoms with Gasteiger partial charge in [0.05, 0.1) is 31.0 Å². The predicted octanol–water partition coefficient (Wildman–Crippen LogP) is 3.51. The molecule has 0 unspecified atom stereocenters. The summed E-state index contributed by atoms with van der Waals surface area (Å²) >= 11 is 1.48. The molecule has 0 saturated heterocycles. The van der Waals surface area contributed by atoms with Gasteiger partial charge in [0.2, 0.25) is 0 Å². The maximum Gasteiger partial charge on any atom is 0.272 e. The Hall–Kier alpha value is -2.90. The van der Waals surface area contributed by atoms with Gasteiger partial charge in [-0.05, 0) is 35.9 Å². The third kappa shape index (κ3) is 4.49. The van der Waals surface area contributed by atoms with E-state index in [9.17, 15) is 4.79 Å². The number of benzene rings is 2. The zero-order chi connectivity index (χ0) is 19.9. The lowest BCUT2D eigenvalue weighted by Crippen LogP contribution is -2.18. The smallest absolute Gasteiger partial charge is 0.272 e. The van der Waals surface area contributed by atoms with E-state index in [0.717, 1.165) is 15.8 Å². The van der Waals surface area contributed by atoms with Crippen molar-refractivity contribution in [1.29, 1.82) is 0 Å². The highest BCUT2D eigenvalue weighted by molar-refractivity contribution is 7.16. The van der Waals surface area contributed by atoms with E-state index >= 15 is 0 Å². The van der Waals surface area contributed by atoms with Crippen LogP contribution in [0.5, 0.6) is 11.5 Å². The molecule has 0 aliphatic carbocycles. The number of carbonyl (C=O) groups excluding carboxylic acids is 1. The molecule has 6 nitrogen and oxygen atoms in total. The summed E-state index contributed by atoms with van der Waals surface area (Å²) in [5, 5.41) is 0. The van der Waals surface area contributed by atoms with E-state index in [1.807, 2.05) is 34.9 Å². The number of fused-ring (bicyclic) bond motifs is 1. The molecule has 0 N–H and O–H groups in total. The van der Waals surface area contributed by atoms with Gasteiger partial charge < -0.3 is 18.8 Å². The Bertz CT molecular complexity index is 1070. The van der Waals surface area contributed by atoms with Crippen LogP contribution in [0.2, 0.25) is 0 Å². The number of para-hydroxylation sites is 1. The van der Waals surface area contributed by atoms with E-state index in [4.69, 9.17) is 14.2 Å². The van der Waals surface area contributed by atoms with Crippen molar-refractivity contribution in [3.63, 3.8) is 0 Å². The van der Waals surface area contributed by atoms with E-state index < -0.39 is 0 Å². The number of hydrogen-bond acceptors (Lipinski definition) is 5. The zero-order valence-corrected chi connectivity index (χ0v) is 16.9. The number of methoxy groups -OCH3 is 3. The number of aromatic nitrogens is 1.